The van der Waals surface area contributed by atoms with Crippen LogP contribution in [0.2, 0.25) is 0 Å². The molecule has 0 aromatic carbocycles. The third-order valence-electron chi connectivity index (χ3n) is 2.37. The Labute approximate surface area is 106 Å². The second kappa shape index (κ2) is 8.66. The Hall–Kier alpha value is -0.390. The van der Waals surface area contributed by atoms with Gasteiger partial charge < -0.3 is 5.32 Å². The number of hydrogen-bond acceptors (Lipinski definition) is 3. The second-order valence-corrected chi connectivity index (χ2v) is 6.39. The summed E-state index contributed by atoms with van der Waals surface area (Å²) in [5, 5.41) is 3.20. The zero-order valence-electron chi connectivity index (χ0n) is 11.3. The summed E-state index contributed by atoms with van der Waals surface area (Å²) in [6, 6.07) is 0. The fraction of sp³-hybridized carbons (Fsp3) is 0.833. The van der Waals surface area contributed by atoms with Gasteiger partial charge in [-0.2, -0.15) is 4.31 Å². The lowest BCUT2D eigenvalue weighted by molar-refractivity contribution is 0.451. The molecule has 0 aromatic heterocycles. The highest BCUT2D eigenvalue weighted by atomic mass is 32.2. The fourth-order valence-electron chi connectivity index (χ4n) is 1.52. The molecule has 0 atom stereocenters. The van der Waals surface area contributed by atoms with Crippen molar-refractivity contribution in [1.82, 2.24) is 9.62 Å². The average Bonchev–Trinajstić information content (AvgIpc) is 2.25. The van der Waals surface area contributed by atoms with E-state index >= 15 is 0 Å². The first kappa shape index (κ1) is 16.6. The summed E-state index contributed by atoms with van der Waals surface area (Å²) < 4.78 is 25.5. The van der Waals surface area contributed by atoms with Crippen molar-refractivity contribution >= 4 is 10.0 Å². The van der Waals surface area contributed by atoms with Gasteiger partial charge in [-0.3, -0.25) is 0 Å². The molecule has 0 spiro atoms. The summed E-state index contributed by atoms with van der Waals surface area (Å²) in [5.74, 6) is 0.213. The van der Waals surface area contributed by atoms with E-state index in [1.807, 2.05) is 13.8 Å². The Morgan fingerprint density at radius 3 is 2.41 bits per heavy atom. The number of sulfonamides is 1. The van der Waals surface area contributed by atoms with Crippen molar-refractivity contribution in [2.45, 2.75) is 33.6 Å². The van der Waals surface area contributed by atoms with Crippen LogP contribution in [0.5, 0.6) is 0 Å². The van der Waals surface area contributed by atoms with E-state index in [-0.39, 0.29) is 5.75 Å². The Morgan fingerprint density at radius 1 is 1.29 bits per heavy atom. The molecular weight excluding hydrogens is 236 g/mol. The maximum absolute atomic E-state index is 12.0. The minimum absolute atomic E-state index is 0.213. The Balaban J connectivity index is 4.11. The van der Waals surface area contributed by atoms with Crippen molar-refractivity contribution in [3.05, 3.63) is 12.2 Å². The van der Waals surface area contributed by atoms with E-state index in [2.05, 4.69) is 18.8 Å². The molecule has 0 saturated carbocycles. The second-order valence-electron chi connectivity index (χ2n) is 4.30. The third-order valence-corrected chi connectivity index (χ3v) is 4.35. The first-order valence-electron chi connectivity index (χ1n) is 6.27. The van der Waals surface area contributed by atoms with Gasteiger partial charge in [0.05, 0.1) is 5.75 Å². The van der Waals surface area contributed by atoms with Gasteiger partial charge in [0.1, 0.15) is 0 Å². The molecule has 0 unspecified atom stereocenters. The van der Waals surface area contributed by atoms with Crippen molar-refractivity contribution in [1.29, 1.82) is 0 Å². The Morgan fingerprint density at radius 2 is 1.94 bits per heavy atom. The predicted molar refractivity (Wildman–Crippen MR) is 73.6 cm³/mol. The summed E-state index contributed by atoms with van der Waals surface area (Å²) >= 11 is 0. The molecule has 0 amide bonds. The van der Waals surface area contributed by atoms with E-state index in [4.69, 9.17) is 0 Å². The Bertz CT molecular complexity index is 312. The highest BCUT2D eigenvalue weighted by Gasteiger charge is 2.19. The average molecular weight is 262 g/mol. The van der Waals surface area contributed by atoms with Gasteiger partial charge in [0.25, 0.3) is 0 Å². The molecule has 0 heterocycles. The highest BCUT2D eigenvalue weighted by Crippen LogP contribution is 2.05. The maximum Gasteiger partial charge on any atom is 0.214 e. The predicted octanol–water partition coefficient (Wildman–Crippen LogP) is 1.60. The number of rotatable bonds is 10. The van der Waals surface area contributed by atoms with E-state index in [1.54, 1.807) is 0 Å². The lowest BCUT2D eigenvalue weighted by Gasteiger charge is -2.20. The van der Waals surface area contributed by atoms with Crippen LogP contribution in [-0.4, -0.2) is 44.7 Å². The topological polar surface area (TPSA) is 49.4 Å². The van der Waals surface area contributed by atoms with Crippen molar-refractivity contribution in [3.8, 4) is 0 Å². The van der Waals surface area contributed by atoms with Crippen LogP contribution in [0.1, 0.15) is 33.6 Å². The molecule has 0 aliphatic rings. The van der Waals surface area contributed by atoms with Crippen LogP contribution in [0.3, 0.4) is 0 Å². The summed E-state index contributed by atoms with van der Waals surface area (Å²) in [7, 11) is -3.12. The van der Waals surface area contributed by atoms with Crippen molar-refractivity contribution in [2.24, 2.45) is 0 Å². The molecule has 1 N–H and O–H groups in total. The van der Waals surface area contributed by atoms with E-state index in [9.17, 15) is 8.42 Å². The molecule has 0 aromatic rings. The number of likely N-dealkylation sites (N-methyl/N-ethyl adjacent to an activating group) is 1. The molecule has 0 rings (SSSR count). The standard InChI is InChI=1S/C12H26N2O2S/c1-5-8-13-9-7-10-17(15,16)14(6-2)11-12(3)4/h13H,3,5-11H2,1-2,4H3. The molecule has 5 heteroatoms. The molecule has 0 aliphatic carbocycles. The molecule has 102 valence electrons. The van der Waals surface area contributed by atoms with Gasteiger partial charge in [0.2, 0.25) is 10.0 Å². The van der Waals surface area contributed by atoms with Crippen LogP contribution in [0, 0.1) is 0 Å². The zero-order valence-corrected chi connectivity index (χ0v) is 12.1. The third kappa shape index (κ3) is 7.52. The van der Waals surface area contributed by atoms with Gasteiger partial charge in [-0.25, -0.2) is 8.42 Å². The van der Waals surface area contributed by atoms with Gasteiger partial charge >= 0.3 is 0 Å². The SMILES string of the molecule is C=C(C)CN(CC)S(=O)(=O)CCCNCCC. The zero-order chi connectivity index (χ0) is 13.3. The largest absolute Gasteiger partial charge is 0.317 e. The summed E-state index contributed by atoms with van der Waals surface area (Å²) in [6.45, 7) is 12.2. The van der Waals surface area contributed by atoms with Crippen molar-refractivity contribution in [3.63, 3.8) is 0 Å². The molecule has 0 bridgehead atoms. The minimum atomic E-state index is -3.12. The van der Waals surface area contributed by atoms with Crippen molar-refractivity contribution < 1.29 is 8.42 Å². The van der Waals surface area contributed by atoms with E-state index in [1.165, 1.54) is 4.31 Å². The molecule has 4 nitrogen and oxygen atoms in total. The Kier molecular flexibility index (Phi) is 8.47. The van der Waals surface area contributed by atoms with E-state index in [0.29, 0.717) is 19.5 Å². The number of nitrogens with zero attached hydrogens (tertiary/aromatic N) is 1. The molecule has 0 aliphatic heterocycles. The van der Waals surface area contributed by atoms with Crippen LogP contribution < -0.4 is 5.32 Å². The van der Waals surface area contributed by atoms with Crippen LogP contribution in [0.15, 0.2) is 12.2 Å². The van der Waals surface area contributed by atoms with Gasteiger partial charge in [0, 0.05) is 13.1 Å². The molecule has 0 saturated heterocycles. The molecular formula is C12H26N2O2S. The van der Waals surface area contributed by atoms with E-state index < -0.39 is 10.0 Å². The molecule has 0 radical (unpaired) electrons. The van der Waals surface area contributed by atoms with Gasteiger partial charge in [-0.05, 0) is 32.9 Å². The van der Waals surface area contributed by atoms with Crippen LogP contribution in [0.25, 0.3) is 0 Å². The monoisotopic (exact) mass is 262 g/mol. The van der Waals surface area contributed by atoms with Crippen LogP contribution in [-0.2, 0) is 10.0 Å². The quantitative estimate of drug-likeness (QED) is 0.480. The lowest BCUT2D eigenvalue weighted by Crippen LogP contribution is -2.35. The number of hydrogen-bond donors (Lipinski definition) is 1. The van der Waals surface area contributed by atoms with Gasteiger partial charge in [0.15, 0.2) is 0 Å². The van der Waals surface area contributed by atoms with Gasteiger partial charge in [-0.1, -0.05) is 26.0 Å². The summed E-state index contributed by atoms with van der Waals surface area (Å²) in [6.07, 6.45) is 1.73. The first-order valence-corrected chi connectivity index (χ1v) is 7.87. The number of nitrogens with one attached hydrogen (secondary N) is 1. The molecule has 17 heavy (non-hydrogen) atoms. The summed E-state index contributed by atoms with van der Waals surface area (Å²) in [4.78, 5) is 0. The fourth-order valence-corrected chi connectivity index (χ4v) is 3.10. The van der Waals surface area contributed by atoms with E-state index in [0.717, 1.165) is 25.1 Å². The van der Waals surface area contributed by atoms with Crippen LogP contribution >= 0.6 is 0 Å². The minimum Gasteiger partial charge on any atom is -0.317 e. The lowest BCUT2D eigenvalue weighted by atomic mass is 10.3. The van der Waals surface area contributed by atoms with Crippen molar-refractivity contribution in [2.75, 3.05) is 31.9 Å². The highest BCUT2D eigenvalue weighted by molar-refractivity contribution is 7.89. The van der Waals surface area contributed by atoms with Crippen LogP contribution in [0.4, 0.5) is 0 Å². The summed E-state index contributed by atoms with van der Waals surface area (Å²) in [5.41, 5.74) is 0.875. The first-order chi connectivity index (χ1) is 7.94. The van der Waals surface area contributed by atoms with Gasteiger partial charge in [-0.15, -0.1) is 0 Å². The normalized spacial score (nSPS) is 12.0. The molecule has 0 fully saturated rings. The smallest absolute Gasteiger partial charge is 0.214 e. The maximum atomic E-state index is 12.0.